The quantitative estimate of drug-likeness (QED) is 0.437. The van der Waals surface area contributed by atoms with E-state index >= 15 is 0 Å². The zero-order valence-corrected chi connectivity index (χ0v) is 14.1. The number of aromatic nitrogens is 2. The van der Waals surface area contributed by atoms with Crippen LogP contribution >= 0.6 is 0 Å². The second kappa shape index (κ2) is 5.74. The average molecular weight is 335 g/mol. The molecule has 5 rings (SSSR count). The SMILES string of the molecule is Nc1cc(-c2ccncc2)cc(-n2c3ccccc3c3ccccc32)c1. The van der Waals surface area contributed by atoms with E-state index in [0.29, 0.717) is 0 Å². The maximum absolute atomic E-state index is 6.26. The maximum Gasteiger partial charge on any atom is 0.0541 e. The number of benzene rings is 3. The average Bonchev–Trinajstić information content (AvgIpc) is 3.03. The van der Waals surface area contributed by atoms with Crippen molar-refractivity contribution in [1.82, 2.24) is 9.55 Å². The summed E-state index contributed by atoms with van der Waals surface area (Å²) in [5.41, 5.74) is 12.6. The molecule has 2 aromatic heterocycles. The first-order chi connectivity index (χ1) is 12.8. The van der Waals surface area contributed by atoms with Gasteiger partial charge in [-0.1, -0.05) is 36.4 Å². The summed E-state index contributed by atoms with van der Waals surface area (Å²) in [6.45, 7) is 0. The lowest BCUT2D eigenvalue weighted by molar-refractivity contribution is 1.18. The van der Waals surface area contributed by atoms with Crippen molar-refractivity contribution in [2.75, 3.05) is 5.73 Å². The fourth-order valence-corrected chi connectivity index (χ4v) is 3.68. The Labute approximate surface area is 151 Å². The predicted molar refractivity (Wildman–Crippen MR) is 108 cm³/mol. The number of hydrogen-bond donors (Lipinski definition) is 1. The van der Waals surface area contributed by atoms with Crippen molar-refractivity contribution in [3.63, 3.8) is 0 Å². The Hall–Kier alpha value is -3.59. The minimum Gasteiger partial charge on any atom is -0.399 e. The highest BCUT2D eigenvalue weighted by molar-refractivity contribution is 6.09. The summed E-state index contributed by atoms with van der Waals surface area (Å²) in [7, 11) is 0. The van der Waals surface area contributed by atoms with Crippen LogP contribution in [-0.4, -0.2) is 9.55 Å². The van der Waals surface area contributed by atoms with Crippen molar-refractivity contribution in [1.29, 1.82) is 0 Å². The summed E-state index contributed by atoms with van der Waals surface area (Å²) in [4.78, 5) is 4.11. The number of anilines is 1. The fourth-order valence-electron chi connectivity index (χ4n) is 3.68. The molecule has 0 aliphatic rings. The first kappa shape index (κ1) is 14.7. The Kier molecular flexibility index (Phi) is 3.25. The number of pyridine rings is 1. The van der Waals surface area contributed by atoms with Gasteiger partial charge in [-0.15, -0.1) is 0 Å². The van der Waals surface area contributed by atoms with Gasteiger partial charge >= 0.3 is 0 Å². The Balaban J connectivity index is 1.84. The van der Waals surface area contributed by atoms with Gasteiger partial charge < -0.3 is 10.3 Å². The molecule has 3 heteroatoms. The molecule has 0 aliphatic heterocycles. The lowest BCUT2D eigenvalue weighted by atomic mass is 10.1. The number of nitrogens with zero attached hydrogens (tertiary/aromatic N) is 2. The smallest absolute Gasteiger partial charge is 0.0541 e. The molecule has 0 fully saturated rings. The molecule has 3 nitrogen and oxygen atoms in total. The summed E-state index contributed by atoms with van der Waals surface area (Å²) in [5.74, 6) is 0. The molecule has 0 aliphatic carbocycles. The standard InChI is InChI=1S/C23H17N3/c24-18-13-17(16-9-11-25-12-10-16)14-19(15-18)26-22-7-3-1-5-20(22)21-6-2-4-8-23(21)26/h1-15H,24H2. The van der Waals surface area contributed by atoms with E-state index in [0.717, 1.165) is 22.5 Å². The third kappa shape index (κ3) is 2.25. The third-order valence-electron chi connectivity index (χ3n) is 4.79. The van der Waals surface area contributed by atoms with Gasteiger partial charge in [0.05, 0.1) is 11.0 Å². The monoisotopic (exact) mass is 335 g/mol. The molecule has 5 aromatic rings. The van der Waals surface area contributed by atoms with Crippen LogP contribution in [0.25, 0.3) is 38.6 Å². The molecular weight excluding hydrogens is 318 g/mol. The summed E-state index contributed by atoms with van der Waals surface area (Å²) in [5, 5.41) is 2.49. The summed E-state index contributed by atoms with van der Waals surface area (Å²) < 4.78 is 2.28. The number of para-hydroxylation sites is 2. The van der Waals surface area contributed by atoms with Gasteiger partial charge in [-0.25, -0.2) is 0 Å². The van der Waals surface area contributed by atoms with E-state index in [1.165, 1.54) is 21.8 Å². The number of rotatable bonds is 2. The van der Waals surface area contributed by atoms with Gasteiger partial charge in [0.1, 0.15) is 0 Å². The van der Waals surface area contributed by atoms with Gasteiger partial charge in [-0.2, -0.15) is 0 Å². The van der Waals surface area contributed by atoms with Crippen molar-refractivity contribution in [3.8, 4) is 16.8 Å². The van der Waals surface area contributed by atoms with Gasteiger partial charge in [0.15, 0.2) is 0 Å². The molecule has 0 radical (unpaired) electrons. The van der Waals surface area contributed by atoms with Gasteiger partial charge in [0.2, 0.25) is 0 Å². The van der Waals surface area contributed by atoms with Gasteiger partial charge in [0, 0.05) is 34.5 Å². The highest BCUT2D eigenvalue weighted by atomic mass is 15.0. The lowest BCUT2D eigenvalue weighted by Crippen LogP contribution is -1.97. The minimum absolute atomic E-state index is 0.746. The molecule has 2 N–H and O–H groups in total. The second-order valence-corrected chi connectivity index (χ2v) is 6.42. The number of nitrogens with two attached hydrogens (primary N) is 1. The second-order valence-electron chi connectivity index (χ2n) is 6.42. The van der Waals surface area contributed by atoms with Crippen LogP contribution in [0.3, 0.4) is 0 Å². The van der Waals surface area contributed by atoms with E-state index in [-0.39, 0.29) is 0 Å². The molecule has 0 saturated carbocycles. The topological polar surface area (TPSA) is 43.8 Å². The largest absolute Gasteiger partial charge is 0.399 e. The Bertz CT molecular complexity index is 1180. The minimum atomic E-state index is 0.746. The van der Waals surface area contributed by atoms with Crippen molar-refractivity contribution >= 4 is 27.5 Å². The van der Waals surface area contributed by atoms with Gasteiger partial charge in [-0.05, 0) is 53.6 Å². The van der Waals surface area contributed by atoms with Crippen molar-refractivity contribution in [2.45, 2.75) is 0 Å². The zero-order chi connectivity index (χ0) is 17.5. The molecule has 124 valence electrons. The fraction of sp³-hybridized carbons (Fsp3) is 0. The lowest BCUT2D eigenvalue weighted by Gasteiger charge is -2.12. The van der Waals surface area contributed by atoms with Gasteiger partial charge in [0.25, 0.3) is 0 Å². The summed E-state index contributed by atoms with van der Waals surface area (Å²) >= 11 is 0. The first-order valence-corrected chi connectivity index (χ1v) is 8.61. The normalized spacial score (nSPS) is 11.2. The zero-order valence-electron chi connectivity index (χ0n) is 14.1. The van der Waals surface area contributed by atoms with Crippen LogP contribution in [0.15, 0.2) is 91.3 Å². The van der Waals surface area contributed by atoms with Crippen LogP contribution in [0.2, 0.25) is 0 Å². The van der Waals surface area contributed by atoms with E-state index in [1.54, 1.807) is 12.4 Å². The third-order valence-corrected chi connectivity index (χ3v) is 4.79. The molecular formula is C23H17N3. The van der Waals surface area contributed by atoms with Crippen LogP contribution in [0.4, 0.5) is 5.69 Å². The highest BCUT2D eigenvalue weighted by Gasteiger charge is 2.12. The maximum atomic E-state index is 6.26. The van der Waals surface area contributed by atoms with Crippen LogP contribution in [0, 0.1) is 0 Å². The summed E-state index contributed by atoms with van der Waals surface area (Å²) in [6.07, 6.45) is 3.61. The van der Waals surface area contributed by atoms with Gasteiger partial charge in [-0.3, -0.25) is 4.98 Å². The Morgan fingerprint density at radius 2 is 1.27 bits per heavy atom. The summed E-state index contributed by atoms with van der Waals surface area (Å²) in [6, 6.07) is 27.2. The van der Waals surface area contributed by atoms with Crippen molar-refractivity contribution in [3.05, 3.63) is 91.3 Å². The van der Waals surface area contributed by atoms with E-state index in [2.05, 4.69) is 64.1 Å². The van der Waals surface area contributed by atoms with E-state index < -0.39 is 0 Å². The van der Waals surface area contributed by atoms with E-state index in [4.69, 9.17) is 5.73 Å². The van der Waals surface area contributed by atoms with Crippen LogP contribution in [-0.2, 0) is 0 Å². The van der Waals surface area contributed by atoms with Crippen LogP contribution in [0.1, 0.15) is 0 Å². The molecule has 0 unspecified atom stereocenters. The first-order valence-electron chi connectivity index (χ1n) is 8.61. The number of nitrogen functional groups attached to an aromatic ring is 1. The Morgan fingerprint density at radius 1 is 0.654 bits per heavy atom. The van der Waals surface area contributed by atoms with E-state index in [1.807, 2.05) is 24.3 Å². The molecule has 0 bridgehead atoms. The number of fused-ring (bicyclic) bond motifs is 3. The molecule has 0 spiro atoms. The molecule has 0 amide bonds. The van der Waals surface area contributed by atoms with Crippen molar-refractivity contribution in [2.24, 2.45) is 0 Å². The van der Waals surface area contributed by atoms with Crippen molar-refractivity contribution < 1.29 is 0 Å². The molecule has 0 atom stereocenters. The van der Waals surface area contributed by atoms with E-state index in [9.17, 15) is 0 Å². The molecule has 0 saturated heterocycles. The predicted octanol–water partition coefficient (Wildman–Crippen LogP) is 5.43. The van der Waals surface area contributed by atoms with Crippen LogP contribution < -0.4 is 5.73 Å². The molecule has 26 heavy (non-hydrogen) atoms. The van der Waals surface area contributed by atoms with Crippen LogP contribution in [0.5, 0.6) is 0 Å². The highest BCUT2D eigenvalue weighted by Crippen LogP contribution is 2.34. The molecule has 2 heterocycles. The Morgan fingerprint density at radius 3 is 1.92 bits per heavy atom. The molecule has 3 aromatic carbocycles. The number of hydrogen-bond acceptors (Lipinski definition) is 2.